The van der Waals surface area contributed by atoms with Crippen LogP contribution in [-0.4, -0.2) is 36.7 Å². The Kier molecular flexibility index (Phi) is 4.72. The first kappa shape index (κ1) is 13.0. The minimum atomic E-state index is -0.134. The monoisotopic (exact) mass is 253 g/mol. The molecule has 6 nitrogen and oxygen atoms in total. The van der Waals surface area contributed by atoms with Gasteiger partial charge in [-0.25, -0.2) is 0 Å². The smallest absolute Gasteiger partial charge is 0.301 e. The van der Waals surface area contributed by atoms with Crippen LogP contribution in [0, 0.1) is 6.92 Å². The maximum atomic E-state index is 11.6. The summed E-state index contributed by atoms with van der Waals surface area (Å²) in [4.78, 5) is 15.6. The number of rotatable bonds is 5. The van der Waals surface area contributed by atoms with Crippen molar-refractivity contribution in [3.8, 4) is 0 Å². The Morgan fingerprint density at radius 2 is 2.39 bits per heavy atom. The first-order valence-corrected chi connectivity index (χ1v) is 6.28. The van der Waals surface area contributed by atoms with Gasteiger partial charge in [-0.3, -0.25) is 10.1 Å². The first-order valence-electron chi connectivity index (χ1n) is 6.28. The number of amides is 1. The molecule has 1 fully saturated rings. The van der Waals surface area contributed by atoms with Crippen molar-refractivity contribution in [1.29, 1.82) is 0 Å². The molecule has 0 saturated carbocycles. The van der Waals surface area contributed by atoms with Gasteiger partial charge in [0.2, 0.25) is 5.91 Å². The first-order chi connectivity index (χ1) is 8.74. The van der Waals surface area contributed by atoms with Crippen LogP contribution in [0.4, 0.5) is 6.01 Å². The lowest BCUT2D eigenvalue weighted by Crippen LogP contribution is -2.33. The lowest BCUT2D eigenvalue weighted by molar-refractivity contribution is -0.117. The molecule has 0 radical (unpaired) electrons. The van der Waals surface area contributed by atoms with Crippen LogP contribution in [0.1, 0.15) is 25.0 Å². The van der Waals surface area contributed by atoms with E-state index in [1.165, 1.54) is 6.26 Å². The molecule has 1 saturated heterocycles. The lowest BCUT2D eigenvalue weighted by atomic mass is 10.1. The summed E-state index contributed by atoms with van der Waals surface area (Å²) >= 11 is 0. The molecule has 18 heavy (non-hydrogen) atoms. The van der Waals surface area contributed by atoms with Crippen LogP contribution in [0.5, 0.6) is 0 Å². The molecular formula is C12H19N3O3. The summed E-state index contributed by atoms with van der Waals surface area (Å²) in [5.74, 6) is -0.134. The highest BCUT2D eigenvalue weighted by atomic mass is 16.5. The number of ether oxygens (including phenoxy) is 1. The molecule has 1 amide bonds. The van der Waals surface area contributed by atoms with Gasteiger partial charge in [0.25, 0.3) is 0 Å². The standard InChI is InChI=1S/C12H19N3O3/c1-9-8-18-12(14-9)15-11(16)4-7-17-10-2-5-13-6-3-10/h8,10,13H,2-7H2,1H3,(H,14,15,16). The average molecular weight is 253 g/mol. The molecule has 0 unspecified atom stereocenters. The molecule has 1 aromatic rings. The molecule has 0 aliphatic carbocycles. The summed E-state index contributed by atoms with van der Waals surface area (Å²) in [6.07, 6.45) is 4.14. The zero-order valence-corrected chi connectivity index (χ0v) is 10.6. The summed E-state index contributed by atoms with van der Waals surface area (Å²) < 4.78 is 10.7. The van der Waals surface area contributed by atoms with E-state index in [1.807, 2.05) is 0 Å². The number of anilines is 1. The normalized spacial score (nSPS) is 16.7. The van der Waals surface area contributed by atoms with Crippen molar-refractivity contribution in [1.82, 2.24) is 10.3 Å². The molecule has 0 atom stereocenters. The van der Waals surface area contributed by atoms with Gasteiger partial charge in [-0.1, -0.05) is 0 Å². The number of nitrogens with zero attached hydrogens (tertiary/aromatic N) is 1. The Morgan fingerprint density at radius 3 is 3.06 bits per heavy atom. The van der Waals surface area contributed by atoms with Crippen molar-refractivity contribution in [2.45, 2.75) is 32.3 Å². The van der Waals surface area contributed by atoms with Crippen molar-refractivity contribution in [3.63, 3.8) is 0 Å². The SMILES string of the molecule is Cc1coc(NC(=O)CCOC2CCNCC2)n1. The van der Waals surface area contributed by atoms with Crippen LogP contribution in [-0.2, 0) is 9.53 Å². The Bertz CT molecular complexity index is 386. The molecule has 2 rings (SSSR count). The van der Waals surface area contributed by atoms with Crippen LogP contribution in [0.2, 0.25) is 0 Å². The third-order valence-corrected chi connectivity index (χ3v) is 2.83. The van der Waals surface area contributed by atoms with Gasteiger partial charge >= 0.3 is 6.01 Å². The van der Waals surface area contributed by atoms with E-state index in [0.29, 0.717) is 13.0 Å². The van der Waals surface area contributed by atoms with Crippen LogP contribution < -0.4 is 10.6 Å². The van der Waals surface area contributed by atoms with Crippen molar-refractivity contribution < 1.29 is 13.9 Å². The zero-order valence-electron chi connectivity index (χ0n) is 10.6. The Balaban J connectivity index is 1.62. The van der Waals surface area contributed by atoms with Gasteiger partial charge in [0.1, 0.15) is 6.26 Å². The van der Waals surface area contributed by atoms with Gasteiger partial charge in [0, 0.05) is 0 Å². The van der Waals surface area contributed by atoms with Crippen molar-refractivity contribution in [2.75, 3.05) is 25.0 Å². The molecule has 0 aromatic carbocycles. The fourth-order valence-electron chi connectivity index (χ4n) is 1.87. The van der Waals surface area contributed by atoms with Crippen LogP contribution >= 0.6 is 0 Å². The van der Waals surface area contributed by atoms with Gasteiger partial charge in [-0.2, -0.15) is 4.98 Å². The van der Waals surface area contributed by atoms with E-state index in [4.69, 9.17) is 9.15 Å². The summed E-state index contributed by atoms with van der Waals surface area (Å²) in [5, 5.41) is 5.86. The van der Waals surface area contributed by atoms with Crippen molar-refractivity contribution in [2.24, 2.45) is 0 Å². The second kappa shape index (κ2) is 6.51. The van der Waals surface area contributed by atoms with Gasteiger partial charge in [-0.05, 0) is 32.9 Å². The highest BCUT2D eigenvalue weighted by Crippen LogP contribution is 2.09. The molecule has 6 heteroatoms. The molecule has 2 heterocycles. The predicted octanol–water partition coefficient (Wildman–Crippen LogP) is 1.08. The van der Waals surface area contributed by atoms with E-state index in [2.05, 4.69) is 15.6 Å². The van der Waals surface area contributed by atoms with E-state index in [-0.39, 0.29) is 18.0 Å². The largest absolute Gasteiger partial charge is 0.432 e. The Labute approximate surface area is 106 Å². The number of aryl methyl sites for hydroxylation is 1. The molecule has 100 valence electrons. The van der Waals surface area contributed by atoms with Crippen molar-refractivity contribution in [3.05, 3.63) is 12.0 Å². The van der Waals surface area contributed by atoms with Crippen LogP contribution in [0.25, 0.3) is 0 Å². The maximum absolute atomic E-state index is 11.6. The third kappa shape index (κ3) is 4.12. The van der Waals surface area contributed by atoms with Gasteiger partial charge in [0.05, 0.1) is 24.8 Å². The lowest BCUT2D eigenvalue weighted by Gasteiger charge is -2.22. The van der Waals surface area contributed by atoms with E-state index in [1.54, 1.807) is 6.92 Å². The predicted molar refractivity (Wildman–Crippen MR) is 66.3 cm³/mol. The molecule has 1 aliphatic rings. The number of hydrogen-bond donors (Lipinski definition) is 2. The molecular weight excluding hydrogens is 234 g/mol. The van der Waals surface area contributed by atoms with Gasteiger partial charge in [0.15, 0.2) is 0 Å². The Hall–Kier alpha value is -1.40. The number of nitrogens with one attached hydrogen (secondary N) is 2. The average Bonchev–Trinajstić information content (AvgIpc) is 2.76. The fraction of sp³-hybridized carbons (Fsp3) is 0.667. The maximum Gasteiger partial charge on any atom is 0.301 e. The Morgan fingerprint density at radius 1 is 1.61 bits per heavy atom. The highest BCUT2D eigenvalue weighted by molar-refractivity contribution is 5.88. The zero-order chi connectivity index (χ0) is 12.8. The summed E-state index contributed by atoms with van der Waals surface area (Å²) in [7, 11) is 0. The minimum absolute atomic E-state index is 0.134. The van der Waals surface area contributed by atoms with Crippen LogP contribution in [0.15, 0.2) is 10.7 Å². The summed E-state index contributed by atoms with van der Waals surface area (Å²) in [6.45, 7) is 4.23. The van der Waals surface area contributed by atoms with Crippen LogP contribution in [0.3, 0.4) is 0 Å². The third-order valence-electron chi connectivity index (χ3n) is 2.83. The van der Waals surface area contributed by atoms with E-state index >= 15 is 0 Å². The second-order valence-corrected chi connectivity index (χ2v) is 4.41. The molecule has 1 aliphatic heterocycles. The summed E-state index contributed by atoms with van der Waals surface area (Å²) in [5.41, 5.74) is 0.747. The highest BCUT2D eigenvalue weighted by Gasteiger charge is 2.14. The summed E-state index contributed by atoms with van der Waals surface area (Å²) in [6, 6.07) is 0.249. The number of aromatic nitrogens is 1. The van der Waals surface area contributed by atoms with Crippen molar-refractivity contribution >= 4 is 11.9 Å². The number of carbonyl (C=O) groups is 1. The molecule has 0 spiro atoms. The molecule has 0 bridgehead atoms. The van der Waals surface area contributed by atoms with E-state index in [0.717, 1.165) is 31.6 Å². The molecule has 1 aromatic heterocycles. The number of hydrogen-bond acceptors (Lipinski definition) is 5. The second-order valence-electron chi connectivity index (χ2n) is 4.41. The number of piperidine rings is 1. The molecule has 2 N–H and O–H groups in total. The van der Waals surface area contributed by atoms with Gasteiger partial charge in [-0.15, -0.1) is 0 Å². The van der Waals surface area contributed by atoms with E-state index < -0.39 is 0 Å². The van der Waals surface area contributed by atoms with Gasteiger partial charge < -0.3 is 14.5 Å². The van der Waals surface area contributed by atoms with E-state index in [9.17, 15) is 4.79 Å². The quantitative estimate of drug-likeness (QED) is 0.821. The number of carbonyl (C=O) groups excluding carboxylic acids is 1. The number of oxazole rings is 1. The fourth-order valence-corrected chi connectivity index (χ4v) is 1.87. The topological polar surface area (TPSA) is 76.4 Å². The minimum Gasteiger partial charge on any atom is -0.432 e.